The zero-order chi connectivity index (χ0) is 31.2. The highest BCUT2D eigenvalue weighted by Crippen LogP contribution is 2.50. The van der Waals surface area contributed by atoms with Crippen LogP contribution in [0.15, 0.2) is 42.5 Å². The number of halogens is 5. The van der Waals surface area contributed by atoms with Crippen molar-refractivity contribution in [3.8, 4) is 11.5 Å². The number of piperidine rings is 1. The monoisotopic (exact) mass is 635 g/mol. The Labute approximate surface area is 255 Å². The summed E-state index contributed by atoms with van der Waals surface area (Å²) in [6.07, 6.45) is -1.30. The Hall–Kier alpha value is -3.61. The highest BCUT2D eigenvalue weighted by atomic mass is 35.5. The van der Waals surface area contributed by atoms with Crippen molar-refractivity contribution in [1.82, 2.24) is 14.5 Å². The number of carbonyl (C=O) groups is 1. The van der Waals surface area contributed by atoms with Gasteiger partial charge in [-0.3, -0.25) is 4.90 Å². The summed E-state index contributed by atoms with van der Waals surface area (Å²) in [6, 6.07) is 9.91. The van der Waals surface area contributed by atoms with E-state index in [1.807, 2.05) is 17.0 Å². The minimum absolute atomic E-state index is 0.0742. The number of alkyl halides is 3. The summed E-state index contributed by atoms with van der Waals surface area (Å²) in [7, 11) is 0. The molecule has 3 aromatic rings. The van der Waals surface area contributed by atoms with Crippen LogP contribution >= 0.6 is 11.6 Å². The fraction of sp³-hybridized carbons (Fsp3) is 0.419. The van der Waals surface area contributed by atoms with Gasteiger partial charge in [0.05, 0.1) is 30.5 Å². The number of hydrogen-bond donors (Lipinski definition) is 1. The molecule has 44 heavy (non-hydrogen) atoms. The minimum atomic E-state index is -4.76. The SMILES string of the molecule is C[C@]1(c2ccc(Cl)cc2F)Oc2cccc(C3CCN(Cc4nc(C(F)(F)F)c(/C=C/C(=O)O)n4C[C@@H]4CCO4)CC3)c2O1. The Bertz CT molecular complexity index is 1600. The first kappa shape index (κ1) is 30.4. The standard InChI is InChI=1S/C31H30ClF4N3O5/c1-30(22-6-5-19(32)15-23(22)33)43-25-4-2-3-21(28(25)44-30)18-9-12-38(13-10-18)17-26-37-29(31(34,35)36)24(7-8-27(40)41)39(26)16-20-11-14-42-20/h2-8,15,18,20H,9-14,16-17H2,1H3,(H,40,41)/b8-7+/t20-,30-/m0/s1. The Morgan fingerprint density at radius 1 is 1.18 bits per heavy atom. The number of ether oxygens (including phenoxy) is 3. The first-order valence-electron chi connectivity index (χ1n) is 14.3. The van der Waals surface area contributed by atoms with E-state index in [4.69, 9.17) is 30.9 Å². The van der Waals surface area contributed by atoms with E-state index < -0.39 is 29.4 Å². The quantitative estimate of drug-likeness (QED) is 0.220. The number of benzene rings is 2. The highest BCUT2D eigenvalue weighted by Gasteiger charge is 2.43. The number of aromatic nitrogens is 2. The van der Waals surface area contributed by atoms with Gasteiger partial charge in [0.15, 0.2) is 17.2 Å². The summed E-state index contributed by atoms with van der Waals surface area (Å²) in [5.74, 6) is -1.94. The van der Waals surface area contributed by atoms with Gasteiger partial charge in [0.25, 0.3) is 5.79 Å². The predicted molar refractivity (Wildman–Crippen MR) is 152 cm³/mol. The first-order valence-corrected chi connectivity index (χ1v) is 14.7. The fourth-order valence-electron chi connectivity index (χ4n) is 6.04. The number of para-hydroxylation sites is 1. The van der Waals surface area contributed by atoms with E-state index in [-0.39, 0.29) is 47.2 Å². The van der Waals surface area contributed by atoms with Crippen molar-refractivity contribution >= 4 is 23.6 Å². The van der Waals surface area contributed by atoms with Gasteiger partial charge >= 0.3 is 12.1 Å². The predicted octanol–water partition coefficient (Wildman–Crippen LogP) is 6.60. The summed E-state index contributed by atoms with van der Waals surface area (Å²) < 4.78 is 76.0. The summed E-state index contributed by atoms with van der Waals surface area (Å²) in [5.41, 5.74) is -0.268. The number of imidazole rings is 1. The molecule has 2 saturated heterocycles. The molecule has 1 N–H and O–H groups in total. The largest absolute Gasteiger partial charge is 0.478 e. The molecule has 2 fully saturated rings. The molecule has 6 rings (SSSR count). The summed E-state index contributed by atoms with van der Waals surface area (Å²) in [4.78, 5) is 17.1. The molecule has 4 heterocycles. The molecular weight excluding hydrogens is 606 g/mol. The maximum atomic E-state index is 14.8. The van der Waals surface area contributed by atoms with Crippen molar-refractivity contribution < 1.29 is 41.7 Å². The van der Waals surface area contributed by atoms with Gasteiger partial charge < -0.3 is 23.9 Å². The number of carboxylic acid groups (broad SMARTS) is 1. The molecule has 0 amide bonds. The van der Waals surface area contributed by atoms with Crippen LogP contribution in [-0.2, 0) is 34.6 Å². The van der Waals surface area contributed by atoms with Crippen LogP contribution in [0.2, 0.25) is 5.02 Å². The average Bonchev–Trinajstić information content (AvgIpc) is 3.46. The van der Waals surface area contributed by atoms with Crippen LogP contribution in [0, 0.1) is 5.82 Å². The van der Waals surface area contributed by atoms with Crippen LogP contribution in [0.1, 0.15) is 60.4 Å². The molecule has 234 valence electrons. The van der Waals surface area contributed by atoms with Crippen molar-refractivity contribution in [1.29, 1.82) is 0 Å². The van der Waals surface area contributed by atoms with Crippen LogP contribution in [0.3, 0.4) is 0 Å². The lowest BCUT2D eigenvalue weighted by Gasteiger charge is -2.33. The van der Waals surface area contributed by atoms with Crippen molar-refractivity contribution in [2.45, 2.75) is 63.3 Å². The second-order valence-corrected chi connectivity index (χ2v) is 11.8. The van der Waals surface area contributed by atoms with E-state index in [0.717, 1.165) is 11.6 Å². The van der Waals surface area contributed by atoms with Gasteiger partial charge in [-0.1, -0.05) is 23.7 Å². The van der Waals surface area contributed by atoms with Crippen LogP contribution in [0.5, 0.6) is 11.5 Å². The molecule has 1 aromatic heterocycles. The van der Waals surface area contributed by atoms with Crippen molar-refractivity contribution in [3.63, 3.8) is 0 Å². The average molecular weight is 636 g/mol. The molecule has 2 aromatic carbocycles. The molecule has 3 aliphatic rings. The van der Waals surface area contributed by atoms with Crippen LogP contribution in [-0.4, -0.2) is 51.3 Å². The minimum Gasteiger partial charge on any atom is -0.478 e. The van der Waals surface area contributed by atoms with Gasteiger partial charge in [-0.25, -0.2) is 14.2 Å². The summed E-state index contributed by atoms with van der Waals surface area (Å²) >= 11 is 5.93. The number of hydrogen-bond acceptors (Lipinski definition) is 6. The van der Waals surface area contributed by atoms with Crippen molar-refractivity contribution in [2.75, 3.05) is 19.7 Å². The molecule has 0 bridgehead atoms. The molecule has 13 heteroatoms. The lowest BCUT2D eigenvalue weighted by Crippen LogP contribution is -2.35. The van der Waals surface area contributed by atoms with E-state index in [0.29, 0.717) is 56.5 Å². The zero-order valence-corrected chi connectivity index (χ0v) is 24.5. The van der Waals surface area contributed by atoms with Crippen LogP contribution < -0.4 is 9.47 Å². The molecule has 0 saturated carbocycles. The summed E-state index contributed by atoms with van der Waals surface area (Å²) in [5, 5.41) is 9.35. The Balaban J connectivity index is 1.20. The topological polar surface area (TPSA) is 86.1 Å². The number of carboxylic acids is 1. The van der Waals surface area contributed by atoms with Gasteiger partial charge in [-0.15, -0.1) is 0 Å². The Kier molecular flexibility index (Phi) is 8.10. The molecular formula is C31H30ClF4N3O5. The van der Waals surface area contributed by atoms with Gasteiger partial charge in [0.1, 0.15) is 11.6 Å². The highest BCUT2D eigenvalue weighted by molar-refractivity contribution is 6.30. The molecule has 2 atom stereocenters. The van der Waals surface area contributed by atoms with Crippen molar-refractivity contribution in [2.24, 2.45) is 0 Å². The van der Waals surface area contributed by atoms with Gasteiger partial charge in [-0.2, -0.15) is 13.2 Å². The third-order valence-electron chi connectivity index (χ3n) is 8.34. The maximum absolute atomic E-state index is 14.8. The molecule has 0 unspecified atom stereocenters. The molecule has 8 nitrogen and oxygen atoms in total. The number of rotatable bonds is 8. The van der Waals surface area contributed by atoms with E-state index >= 15 is 0 Å². The third kappa shape index (κ3) is 6.02. The summed E-state index contributed by atoms with van der Waals surface area (Å²) in [6.45, 7) is 3.63. The van der Waals surface area contributed by atoms with E-state index in [1.165, 1.54) is 16.7 Å². The Morgan fingerprint density at radius 2 is 1.93 bits per heavy atom. The van der Waals surface area contributed by atoms with E-state index in [1.54, 1.807) is 19.1 Å². The van der Waals surface area contributed by atoms with E-state index in [2.05, 4.69) is 4.98 Å². The van der Waals surface area contributed by atoms with Gasteiger partial charge in [-0.05, 0) is 68.6 Å². The fourth-order valence-corrected chi connectivity index (χ4v) is 6.20. The number of aliphatic carboxylic acids is 1. The Morgan fingerprint density at radius 3 is 2.57 bits per heavy atom. The number of fused-ring (bicyclic) bond motifs is 1. The molecule has 0 radical (unpaired) electrons. The van der Waals surface area contributed by atoms with Crippen molar-refractivity contribution in [3.05, 3.63) is 81.7 Å². The van der Waals surface area contributed by atoms with Crippen LogP contribution in [0.25, 0.3) is 6.08 Å². The lowest BCUT2D eigenvalue weighted by atomic mass is 9.88. The molecule has 0 aliphatic carbocycles. The molecule has 3 aliphatic heterocycles. The van der Waals surface area contributed by atoms with Gasteiger partial charge in [0, 0.05) is 30.2 Å². The third-order valence-corrected chi connectivity index (χ3v) is 8.58. The maximum Gasteiger partial charge on any atom is 0.435 e. The normalized spacial score (nSPS) is 22.5. The second-order valence-electron chi connectivity index (χ2n) is 11.3. The first-order chi connectivity index (χ1) is 20.9. The number of likely N-dealkylation sites (tertiary alicyclic amines) is 1. The van der Waals surface area contributed by atoms with E-state index in [9.17, 15) is 22.4 Å². The molecule has 0 spiro atoms. The number of nitrogens with zero attached hydrogens (tertiary/aromatic N) is 3. The second kappa shape index (κ2) is 11.7. The smallest absolute Gasteiger partial charge is 0.435 e. The lowest BCUT2D eigenvalue weighted by molar-refractivity contribution is -0.141. The van der Waals surface area contributed by atoms with Gasteiger partial charge in [0.2, 0.25) is 0 Å². The van der Waals surface area contributed by atoms with Crippen LogP contribution in [0.4, 0.5) is 17.6 Å². The zero-order valence-electron chi connectivity index (χ0n) is 23.7.